The Morgan fingerprint density at radius 2 is 1.64 bits per heavy atom. The third kappa shape index (κ3) is 6.95. The normalized spacial score (nSPS) is 13.7. The molecular weight excluding hydrogens is 296 g/mol. The van der Waals surface area contributed by atoms with Crippen LogP contribution in [0.25, 0.3) is 0 Å². The van der Waals surface area contributed by atoms with Gasteiger partial charge >= 0.3 is 5.97 Å². The summed E-state index contributed by atoms with van der Waals surface area (Å²) in [4.78, 5) is 45.0. The first-order valence-corrected chi connectivity index (χ1v) is 6.68. The molecule has 0 aromatic heterocycles. The molecule has 0 atom stereocenters. The van der Waals surface area contributed by atoms with Gasteiger partial charge < -0.3 is 19.9 Å². The van der Waals surface area contributed by atoms with E-state index in [-0.39, 0.29) is 45.9 Å². The van der Waals surface area contributed by atoms with E-state index in [4.69, 9.17) is 14.6 Å². The summed E-state index contributed by atoms with van der Waals surface area (Å²) in [5, 5.41) is 10.9. The van der Waals surface area contributed by atoms with Gasteiger partial charge in [-0.15, -0.1) is 0 Å². The van der Waals surface area contributed by atoms with Crippen molar-refractivity contribution in [2.24, 2.45) is 0 Å². The van der Waals surface area contributed by atoms with Crippen LogP contribution in [0.15, 0.2) is 12.2 Å². The Labute approximate surface area is 126 Å². The third-order valence-electron chi connectivity index (χ3n) is 2.60. The van der Waals surface area contributed by atoms with Crippen molar-refractivity contribution in [3.05, 3.63) is 12.2 Å². The van der Waals surface area contributed by atoms with Crippen LogP contribution in [0.2, 0.25) is 0 Å². The van der Waals surface area contributed by atoms with Crippen LogP contribution < -0.4 is 5.32 Å². The smallest absolute Gasteiger partial charge is 0.305 e. The van der Waals surface area contributed by atoms with Gasteiger partial charge in [-0.3, -0.25) is 24.1 Å². The number of ether oxygens (including phenoxy) is 2. The van der Waals surface area contributed by atoms with Gasteiger partial charge in [-0.1, -0.05) is 0 Å². The zero-order valence-corrected chi connectivity index (χ0v) is 11.9. The fourth-order valence-corrected chi connectivity index (χ4v) is 1.53. The molecule has 1 aliphatic heterocycles. The Morgan fingerprint density at radius 3 is 2.23 bits per heavy atom. The Kier molecular flexibility index (Phi) is 7.79. The van der Waals surface area contributed by atoms with Crippen molar-refractivity contribution in [2.45, 2.75) is 6.42 Å². The van der Waals surface area contributed by atoms with Gasteiger partial charge in [-0.05, 0) is 0 Å². The lowest BCUT2D eigenvalue weighted by molar-refractivity contribution is -0.141. The first kappa shape index (κ1) is 17.8. The molecule has 3 amide bonds. The minimum Gasteiger partial charge on any atom is -0.481 e. The number of amides is 3. The van der Waals surface area contributed by atoms with Gasteiger partial charge in [0.1, 0.15) is 6.54 Å². The molecule has 0 bridgehead atoms. The molecule has 9 heteroatoms. The van der Waals surface area contributed by atoms with Gasteiger partial charge in [0.05, 0.1) is 32.8 Å². The molecule has 9 nitrogen and oxygen atoms in total. The monoisotopic (exact) mass is 314 g/mol. The number of carboxylic acid groups (broad SMARTS) is 1. The predicted molar refractivity (Wildman–Crippen MR) is 72.8 cm³/mol. The molecule has 0 aromatic rings. The molecule has 2 N–H and O–H groups in total. The minimum atomic E-state index is -0.922. The molecule has 1 heterocycles. The second kappa shape index (κ2) is 9.64. The van der Waals surface area contributed by atoms with E-state index in [1.54, 1.807) is 0 Å². The van der Waals surface area contributed by atoms with Crippen LogP contribution in [0.5, 0.6) is 0 Å². The van der Waals surface area contributed by atoms with Gasteiger partial charge in [0.15, 0.2) is 0 Å². The summed E-state index contributed by atoms with van der Waals surface area (Å²) < 4.78 is 10.2. The number of hydrogen-bond acceptors (Lipinski definition) is 6. The van der Waals surface area contributed by atoms with Crippen molar-refractivity contribution in [2.75, 3.05) is 39.5 Å². The quantitative estimate of drug-likeness (QED) is 0.353. The molecule has 1 aliphatic rings. The fourth-order valence-electron chi connectivity index (χ4n) is 1.53. The zero-order chi connectivity index (χ0) is 16.4. The van der Waals surface area contributed by atoms with E-state index in [0.717, 1.165) is 17.1 Å². The highest BCUT2D eigenvalue weighted by molar-refractivity contribution is 6.14. The van der Waals surface area contributed by atoms with Crippen LogP contribution in [0, 0.1) is 0 Å². The Balaban J connectivity index is 1.96. The summed E-state index contributed by atoms with van der Waals surface area (Å²) in [6, 6.07) is 0. The number of carbonyl (C=O) groups excluding carboxylic acids is 3. The lowest BCUT2D eigenvalue weighted by atomic mass is 10.4. The Morgan fingerprint density at radius 1 is 1.05 bits per heavy atom. The predicted octanol–water partition coefficient (Wildman–Crippen LogP) is -1.46. The Bertz CT molecular complexity index is 443. The summed E-state index contributed by atoms with van der Waals surface area (Å²) >= 11 is 0. The van der Waals surface area contributed by atoms with Crippen molar-refractivity contribution in [1.29, 1.82) is 0 Å². The first-order chi connectivity index (χ1) is 10.5. The van der Waals surface area contributed by atoms with Crippen molar-refractivity contribution in [3.8, 4) is 0 Å². The van der Waals surface area contributed by atoms with Gasteiger partial charge in [0.2, 0.25) is 5.91 Å². The maximum Gasteiger partial charge on any atom is 0.305 e. The van der Waals surface area contributed by atoms with E-state index in [1.165, 1.54) is 0 Å². The Hall–Kier alpha value is -2.26. The SMILES string of the molecule is O=C(O)CCOCCOCCNC(=O)CN1C(=O)C=CC1=O. The minimum absolute atomic E-state index is 0.0567. The highest BCUT2D eigenvalue weighted by atomic mass is 16.5. The van der Waals surface area contributed by atoms with Crippen molar-refractivity contribution < 1.29 is 33.8 Å². The molecule has 0 saturated heterocycles. The van der Waals surface area contributed by atoms with E-state index in [9.17, 15) is 19.2 Å². The van der Waals surface area contributed by atoms with Crippen LogP contribution in [0.3, 0.4) is 0 Å². The topological polar surface area (TPSA) is 122 Å². The molecule has 22 heavy (non-hydrogen) atoms. The van der Waals surface area contributed by atoms with Gasteiger partial charge in [0.25, 0.3) is 11.8 Å². The molecule has 0 aromatic carbocycles. The van der Waals surface area contributed by atoms with Crippen molar-refractivity contribution in [1.82, 2.24) is 10.2 Å². The van der Waals surface area contributed by atoms with Crippen molar-refractivity contribution in [3.63, 3.8) is 0 Å². The number of carbonyl (C=O) groups is 4. The number of aliphatic carboxylic acids is 1. The standard InChI is InChI=1S/C13H18N2O7/c16-10(9-15-11(17)1-2-12(15)18)14-4-6-22-8-7-21-5-3-13(19)20/h1-2H,3-9H2,(H,14,16)(H,19,20). The average Bonchev–Trinajstić information content (AvgIpc) is 2.77. The molecule has 1 rings (SSSR count). The van der Waals surface area contributed by atoms with Crippen LogP contribution in [0.1, 0.15) is 6.42 Å². The molecule has 0 fully saturated rings. The summed E-state index contributed by atoms with van der Waals surface area (Å²) in [6.45, 7) is 0.836. The second-order valence-corrected chi connectivity index (χ2v) is 4.31. The number of carboxylic acids is 1. The van der Waals surface area contributed by atoms with Crippen LogP contribution in [0.4, 0.5) is 0 Å². The summed E-state index contributed by atoms with van der Waals surface area (Å²) in [5.74, 6) is -2.38. The highest BCUT2D eigenvalue weighted by Crippen LogP contribution is 2.01. The molecule has 122 valence electrons. The van der Waals surface area contributed by atoms with Crippen LogP contribution >= 0.6 is 0 Å². The molecule has 0 radical (unpaired) electrons. The van der Waals surface area contributed by atoms with Crippen molar-refractivity contribution >= 4 is 23.7 Å². The number of hydrogen-bond donors (Lipinski definition) is 2. The molecule has 0 saturated carbocycles. The van der Waals surface area contributed by atoms with E-state index in [1.807, 2.05) is 0 Å². The fraction of sp³-hybridized carbons (Fsp3) is 0.538. The maximum atomic E-state index is 11.5. The summed E-state index contributed by atoms with van der Waals surface area (Å²) in [5.41, 5.74) is 0. The summed E-state index contributed by atoms with van der Waals surface area (Å²) in [7, 11) is 0. The van der Waals surface area contributed by atoms with E-state index in [0.29, 0.717) is 0 Å². The lowest BCUT2D eigenvalue weighted by Crippen LogP contribution is -2.41. The van der Waals surface area contributed by atoms with Crippen LogP contribution in [-0.2, 0) is 28.7 Å². The van der Waals surface area contributed by atoms with E-state index >= 15 is 0 Å². The molecular formula is C13H18N2O7. The van der Waals surface area contributed by atoms with Crippen LogP contribution in [-0.4, -0.2) is 73.2 Å². The first-order valence-electron chi connectivity index (χ1n) is 6.68. The number of nitrogens with one attached hydrogen (secondary N) is 1. The largest absolute Gasteiger partial charge is 0.481 e. The maximum absolute atomic E-state index is 11.5. The number of nitrogens with zero attached hydrogens (tertiary/aromatic N) is 1. The summed E-state index contributed by atoms with van der Waals surface area (Å²) in [6.07, 6.45) is 2.17. The zero-order valence-electron chi connectivity index (χ0n) is 11.9. The van der Waals surface area contributed by atoms with E-state index < -0.39 is 23.7 Å². The van der Waals surface area contributed by atoms with Gasteiger partial charge in [-0.25, -0.2) is 0 Å². The highest BCUT2D eigenvalue weighted by Gasteiger charge is 2.25. The lowest BCUT2D eigenvalue weighted by Gasteiger charge is -2.13. The molecule has 0 unspecified atom stereocenters. The molecule has 0 aliphatic carbocycles. The van der Waals surface area contributed by atoms with Gasteiger partial charge in [-0.2, -0.15) is 0 Å². The van der Waals surface area contributed by atoms with Gasteiger partial charge in [0, 0.05) is 18.7 Å². The molecule has 0 spiro atoms. The third-order valence-corrected chi connectivity index (χ3v) is 2.60. The number of rotatable bonds is 11. The van der Waals surface area contributed by atoms with E-state index in [2.05, 4.69) is 5.32 Å². The second-order valence-electron chi connectivity index (χ2n) is 4.31. The average molecular weight is 314 g/mol. The number of imide groups is 1.